The molecule has 0 aromatic carbocycles. The summed E-state index contributed by atoms with van der Waals surface area (Å²) in [6, 6.07) is 5.00. The molecule has 0 aliphatic carbocycles. The lowest BCUT2D eigenvalue weighted by Crippen LogP contribution is -2.50. The third-order valence-electron chi connectivity index (χ3n) is 6.09. The number of aliphatic hydroxyl groups excluding tert-OH is 1. The normalized spacial score (nSPS) is 18.3. The number of hydrogen-bond acceptors (Lipinski definition) is 6. The molecule has 35 heavy (non-hydrogen) atoms. The second-order valence-electron chi connectivity index (χ2n) is 9.06. The lowest BCUT2D eigenvalue weighted by molar-refractivity contribution is -0.130. The Labute approximate surface area is 207 Å². The number of carbonyl (C=O) groups excluding carboxylic acids is 2. The summed E-state index contributed by atoms with van der Waals surface area (Å²) >= 11 is 0. The number of aliphatic hydroxyl groups is 1. The summed E-state index contributed by atoms with van der Waals surface area (Å²) in [6.45, 7) is 6.38. The molecule has 1 N–H and O–H groups in total. The molecule has 0 spiro atoms. The number of pyridine rings is 2. The third-order valence-corrected chi connectivity index (χ3v) is 6.09. The van der Waals surface area contributed by atoms with Crippen molar-refractivity contribution in [3.05, 3.63) is 53.5 Å². The zero-order valence-corrected chi connectivity index (χ0v) is 20.9. The summed E-state index contributed by atoms with van der Waals surface area (Å²) in [5.74, 6) is 5.93. The number of rotatable bonds is 7. The zero-order valence-electron chi connectivity index (χ0n) is 20.9. The molecular weight excluding hydrogens is 444 g/mol. The molecule has 3 heterocycles. The molecule has 0 unspecified atom stereocenters. The van der Waals surface area contributed by atoms with Crippen molar-refractivity contribution in [1.82, 2.24) is 19.8 Å². The van der Waals surface area contributed by atoms with Crippen LogP contribution in [0.25, 0.3) is 0 Å². The maximum atomic E-state index is 13.4. The molecule has 0 saturated carbocycles. The van der Waals surface area contributed by atoms with E-state index < -0.39 is 6.10 Å². The van der Waals surface area contributed by atoms with Crippen molar-refractivity contribution in [2.75, 3.05) is 26.7 Å². The van der Waals surface area contributed by atoms with E-state index in [1.54, 1.807) is 47.6 Å². The quantitative estimate of drug-likeness (QED) is 0.615. The van der Waals surface area contributed by atoms with Crippen LogP contribution in [0.1, 0.15) is 55.1 Å². The van der Waals surface area contributed by atoms with E-state index in [-0.39, 0.29) is 42.7 Å². The van der Waals surface area contributed by atoms with E-state index in [4.69, 9.17) is 4.74 Å². The number of likely N-dealkylation sites (N-methyl/N-ethyl adjacent to an activating group) is 1. The summed E-state index contributed by atoms with van der Waals surface area (Å²) < 4.78 is 6.26. The Balaban J connectivity index is 1.87. The van der Waals surface area contributed by atoms with Crippen molar-refractivity contribution in [3.8, 4) is 17.7 Å². The van der Waals surface area contributed by atoms with E-state index in [0.717, 1.165) is 18.4 Å². The molecular formula is C27H34N4O4. The van der Waals surface area contributed by atoms with Gasteiger partial charge >= 0.3 is 0 Å². The van der Waals surface area contributed by atoms with E-state index >= 15 is 0 Å². The van der Waals surface area contributed by atoms with Crippen LogP contribution < -0.4 is 4.74 Å². The lowest BCUT2D eigenvalue weighted by atomic mass is 9.99. The van der Waals surface area contributed by atoms with Crippen molar-refractivity contribution >= 4 is 11.8 Å². The minimum absolute atomic E-state index is 0.0535. The zero-order chi connectivity index (χ0) is 25.4. The van der Waals surface area contributed by atoms with Crippen molar-refractivity contribution < 1.29 is 19.4 Å². The predicted octanol–water partition coefficient (Wildman–Crippen LogP) is 2.55. The molecule has 186 valence electrons. The fourth-order valence-electron chi connectivity index (χ4n) is 3.86. The summed E-state index contributed by atoms with van der Waals surface area (Å²) in [6.07, 6.45) is 6.51. The second-order valence-corrected chi connectivity index (χ2v) is 9.06. The molecule has 8 heteroatoms. The van der Waals surface area contributed by atoms with Gasteiger partial charge < -0.3 is 19.6 Å². The highest BCUT2D eigenvalue weighted by Gasteiger charge is 2.34. The van der Waals surface area contributed by atoms with Crippen molar-refractivity contribution in [2.45, 2.75) is 52.2 Å². The number of nitrogens with zero attached hydrogens (tertiary/aromatic N) is 4. The molecule has 2 aromatic rings. The van der Waals surface area contributed by atoms with Crippen LogP contribution in [0.5, 0.6) is 5.88 Å². The largest absolute Gasteiger partial charge is 0.472 e. The molecule has 2 aromatic heterocycles. The van der Waals surface area contributed by atoms with E-state index in [0.29, 0.717) is 24.2 Å². The van der Waals surface area contributed by atoms with Crippen LogP contribution in [0.15, 0.2) is 36.8 Å². The molecule has 0 fully saturated rings. The number of amides is 2. The van der Waals surface area contributed by atoms with Gasteiger partial charge in [-0.3, -0.25) is 14.6 Å². The van der Waals surface area contributed by atoms with E-state index in [9.17, 15) is 14.7 Å². The van der Waals surface area contributed by atoms with Crippen molar-refractivity contribution in [3.63, 3.8) is 0 Å². The Morgan fingerprint density at radius 1 is 1.40 bits per heavy atom. The Morgan fingerprint density at radius 2 is 2.20 bits per heavy atom. The van der Waals surface area contributed by atoms with Gasteiger partial charge in [-0.05, 0) is 31.0 Å². The van der Waals surface area contributed by atoms with Gasteiger partial charge in [-0.2, -0.15) is 0 Å². The monoisotopic (exact) mass is 478 g/mol. The molecule has 3 rings (SSSR count). The van der Waals surface area contributed by atoms with Crippen LogP contribution in [0.4, 0.5) is 0 Å². The summed E-state index contributed by atoms with van der Waals surface area (Å²) in [5.41, 5.74) is 1.79. The number of ether oxygens (including phenoxy) is 1. The van der Waals surface area contributed by atoms with Crippen molar-refractivity contribution in [1.29, 1.82) is 0 Å². The van der Waals surface area contributed by atoms with Crippen LogP contribution in [-0.4, -0.2) is 75.6 Å². The first kappa shape index (κ1) is 26.2. The van der Waals surface area contributed by atoms with Gasteiger partial charge in [-0.25, -0.2) is 4.98 Å². The average molecular weight is 479 g/mol. The molecule has 1 aliphatic heterocycles. The standard InChI is InChI=1S/C27H34N4O4/c1-5-6-7-9-21-12-23-26(29-15-21)35-24(19(2)16-31(27(23)34)20(3)18-32)17-30(4)25(33)13-22-10-8-11-28-14-22/h8,10-12,14-15,19-20,24,32H,5-6,13,16-18H2,1-4H3/t19-,20-,24+/m0/s1. The SMILES string of the molecule is CCCC#Cc1cnc2c(c1)C(=O)N([C@@H](C)CO)C[C@H](C)[C@@H](CN(C)C(=O)Cc1cccnc1)O2. The number of aromatic nitrogens is 2. The first-order chi connectivity index (χ1) is 16.8. The maximum Gasteiger partial charge on any atom is 0.259 e. The summed E-state index contributed by atoms with van der Waals surface area (Å²) in [7, 11) is 1.74. The Hall–Kier alpha value is -3.44. The molecule has 3 atom stereocenters. The highest BCUT2D eigenvalue weighted by atomic mass is 16.5. The fourth-order valence-corrected chi connectivity index (χ4v) is 3.86. The minimum atomic E-state index is -0.400. The van der Waals surface area contributed by atoms with Gasteiger partial charge in [0.1, 0.15) is 11.7 Å². The molecule has 0 radical (unpaired) electrons. The highest BCUT2D eigenvalue weighted by Crippen LogP contribution is 2.27. The highest BCUT2D eigenvalue weighted by molar-refractivity contribution is 5.97. The van der Waals surface area contributed by atoms with Gasteiger partial charge in [0.2, 0.25) is 11.8 Å². The average Bonchev–Trinajstić information content (AvgIpc) is 2.86. The topological polar surface area (TPSA) is 95.9 Å². The van der Waals surface area contributed by atoms with Gasteiger partial charge in [-0.15, -0.1) is 0 Å². The summed E-state index contributed by atoms with van der Waals surface area (Å²) in [5, 5.41) is 9.80. The van der Waals surface area contributed by atoms with Crippen molar-refractivity contribution in [2.24, 2.45) is 5.92 Å². The summed E-state index contributed by atoms with van der Waals surface area (Å²) in [4.78, 5) is 38.1. The Bertz CT molecular complexity index is 1080. The van der Waals surface area contributed by atoms with Crippen LogP contribution in [0.3, 0.4) is 0 Å². The number of carbonyl (C=O) groups is 2. The smallest absolute Gasteiger partial charge is 0.259 e. The van der Waals surface area contributed by atoms with Gasteiger partial charge in [0.05, 0.1) is 25.6 Å². The predicted molar refractivity (Wildman–Crippen MR) is 133 cm³/mol. The molecule has 0 bridgehead atoms. The fraction of sp³-hybridized carbons (Fsp3) is 0.481. The van der Waals surface area contributed by atoms with Crippen LogP contribution in [0, 0.1) is 17.8 Å². The van der Waals surface area contributed by atoms with Crippen LogP contribution in [0.2, 0.25) is 0 Å². The first-order valence-electron chi connectivity index (χ1n) is 12.0. The van der Waals surface area contributed by atoms with Crippen LogP contribution in [-0.2, 0) is 11.2 Å². The minimum Gasteiger partial charge on any atom is -0.472 e. The molecule has 0 saturated heterocycles. The molecule has 2 amide bonds. The molecule has 1 aliphatic rings. The van der Waals surface area contributed by atoms with E-state index in [1.807, 2.05) is 19.9 Å². The second kappa shape index (κ2) is 12.3. The van der Waals surface area contributed by atoms with Gasteiger partial charge in [-0.1, -0.05) is 31.8 Å². The number of unbranched alkanes of at least 4 members (excludes halogenated alkanes) is 1. The van der Waals surface area contributed by atoms with Gasteiger partial charge in [0.15, 0.2) is 0 Å². The number of hydrogen-bond donors (Lipinski definition) is 1. The lowest BCUT2D eigenvalue weighted by Gasteiger charge is -2.37. The van der Waals surface area contributed by atoms with Crippen LogP contribution >= 0.6 is 0 Å². The third kappa shape index (κ3) is 6.80. The number of fused-ring (bicyclic) bond motifs is 1. The Morgan fingerprint density at radius 3 is 2.89 bits per heavy atom. The van der Waals surface area contributed by atoms with E-state index in [2.05, 4.69) is 28.7 Å². The van der Waals surface area contributed by atoms with E-state index in [1.165, 1.54) is 0 Å². The Kier molecular flexibility index (Phi) is 9.21. The first-order valence-corrected chi connectivity index (χ1v) is 12.0. The van der Waals surface area contributed by atoms with Gasteiger partial charge in [0, 0.05) is 50.1 Å². The van der Waals surface area contributed by atoms with Gasteiger partial charge in [0.25, 0.3) is 5.91 Å². The molecule has 8 nitrogen and oxygen atoms in total. The maximum absolute atomic E-state index is 13.4.